The zero-order valence-electron chi connectivity index (χ0n) is 12.7. The van der Waals surface area contributed by atoms with Crippen molar-refractivity contribution >= 4 is 10.0 Å². The lowest BCUT2D eigenvalue weighted by Gasteiger charge is -2.32. The van der Waals surface area contributed by atoms with Crippen molar-refractivity contribution in [2.45, 2.75) is 24.3 Å². The van der Waals surface area contributed by atoms with Crippen LogP contribution in [0.1, 0.15) is 24.0 Å². The second kappa shape index (κ2) is 5.74. The zero-order valence-corrected chi connectivity index (χ0v) is 13.5. The van der Waals surface area contributed by atoms with E-state index in [2.05, 4.69) is 13.0 Å². The van der Waals surface area contributed by atoms with Gasteiger partial charge in [-0.05, 0) is 41.3 Å². The van der Waals surface area contributed by atoms with Gasteiger partial charge in [0.1, 0.15) is 5.75 Å². The predicted molar refractivity (Wildman–Crippen MR) is 85.4 cm³/mol. The average molecular weight is 317 g/mol. The van der Waals surface area contributed by atoms with Gasteiger partial charge in [0.15, 0.2) is 0 Å². The summed E-state index contributed by atoms with van der Waals surface area (Å²) < 4.78 is 32.3. The van der Waals surface area contributed by atoms with E-state index in [1.54, 1.807) is 35.7 Å². The molecule has 0 spiro atoms. The van der Waals surface area contributed by atoms with E-state index in [-0.39, 0.29) is 5.92 Å². The van der Waals surface area contributed by atoms with Crippen molar-refractivity contribution in [3.05, 3.63) is 59.7 Å². The number of hydrogen-bond donors (Lipinski definition) is 0. The van der Waals surface area contributed by atoms with Crippen molar-refractivity contribution in [1.29, 1.82) is 0 Å². The van der Waals surface area contributed by atoms with E-state index in [0.717, 1.165) is 5.56 Å². The number of ether oxygens (including phenoxy) is 1. The number of fused-ring (bicyclic) bond motifs is 1. The normalized spacial score (nSPS) is 18.7. The molecule has 0 bridgehead atoms. The predicted octanol–water partition coefficient (Wildman–Crippen LogP) is 3.00. The molecule has 2 aromatic rings. The van der Waals surface area contributed by atoms with Crippen LogP contribution >= 0.6 is 0 Å². The van der Waals surface area contributed by atoms with Crippen LogP contribution in [-0.2, 0) is 16.6 Å². The van der Waals surface area contributed by atoms with Crippen LogP contribution in [0.2, 0.25) is 0 Å². The molecular formula is C17H19NO3S. The molecule has 0 aliphatic carbocycles. The summed E-state index contributed by atoms with van der Waals surface area (Å²) in [5.41, 5.74) is 2.32. The molecule has 0 saturated carbocycles. The standard InChI is InChI=1S/C17H19NO3S/c1-13-11-18(12-14-5-3-4-6-17(13)14)22(19,20)16-9-7-15(21-2)8-10-16/h3-10,13H,11-12H2,1-2H3. The molecule has 116 valence electrons. The Balaban J connectivity index is 1.93. The first-order valence-corrected chi connectivity index (χ1v) is 8.68. The Labute approximate surface area is 131 Å². The molecule has 0 fully saturated rings. The summed E-state index contributed by atoms with van der Waals surface area (Å²) >= 11 is 0. The molecule has 0 saturated heterocycles. The summed E-state index contributed by atoms with van der Waals surface area (Å²) in [5.74, 6) is 0.842. The van der Waals surface area contributed by atoms with Gasteiger partial charge in [-0.2, -0.15) is 4.31 Å². The summed E-state index contributed by atoms with van der Waals surface area (Å²) in [5, 5.41) is 0. The van der Waals surface area contributed by atoms with E-state index >= 15 is 0 Å². The van der Waals surface area contributed by atoms with Gasteiger partial charge in [0.05, 0.1) is 12.0 Å². The fraction of sp³-hybridized carbons (Fsp3) is 0.294. The lowest BCUT2D eigenvalue weighted by Crippen LogP contribution is -2.37. The SMILES string of the molecule is COc1ccc(S(=O)(=O)N2Cc3ccccc3C(C)C2)cc1. The minimum atomic E-state index is -3.48. The lowest BCUT2D eigenvalue weighted by molar-refractivity contribution is 0.363. The molecule has 0 radical (unpaired) electrons. The molecule has 1 heterocycles. The molecule has 2 aromatic carbocycles. The van der Waals surface area contributed by atoms with Gasteiger partial charge in [-0.15, -0.1) is 0 Å². The van der Waals surface area contributed by atoms with Gasteiger partial charge in [-0.1, -0.05) is 31.2 Å². The second-order valence-electron chi connectivity index (χ2n) is 5.57. The van der Waals surface area contributed by atoms with Gasteiger partial charge < -0.3 is 4.74 Å². The molecule has 1 aliphatic heterocycles. The summed E-state index contributed by atoms with van der Waals surface area (Å²) in [6.07, 6.45) is 0. The van der Waals surface area contributed by atoms with Gasteiger partial charge in [0.2, 0.25) is 10.0 Å². The largest absolute Gasteiger partial charge is 0.497 e. The van der Waals surface area contributed by atoms with E-state index in [1.165, 1.54) is 5.56 Å². The van der Waals surface area contributed by atoms with Crippen LogP contribution in [0.3, 0.4) is 0 Å². The highest BCUT2D eigenvalue weighted by molar-refractivity contribution is 7.89. The molecule has 0 N–H and O–H groups in total. The van der Waals surface area contributed by atoms with Gasteiger partial charge in [0, 0.05) is 13.1 Å². The topological polar surface area (TPSA) is 46.6 Å². The zero-order chi connectivity index (χ0) is 15.7. The van der Waals surface area contributed by atoms with Crippen LogP contribution in [0.5, 0.6) is 5.75 Å². The van der Waals surface area contributed by atoms with Crippen LogP contribution in [0.15, 0.2) is 53.4 Å². The van der Waals surface area contributed by atoms with E-state index < -0.39 is 10.0 Å². The minimum absolute atomic E-state index is 0.193. The minimum Gasteiger partial charge on any atom is -0.497 e. The molecule has 1 unspecified atom stereocenters. The third kappa shape index (κ3) is 2.62. The number of methoxy groups -OCH3 is 1. The Hall–Kier alpha value is -1.85. The molecule has 3 rings (SSSR count). The maximum Gasteiger partial charge on any atom is 0.243 e. The van der Waals surface area contributed by atoms with Crippen molar-refractivity contribution in [3.63, 3.8) is 0 Å². The average Bonchev–Trinajstić information content (AvgIpc) is 2.55. The number of hydrogen-bond acceptors (Lipinski definition) is 3. The summed E-state index contributed by atoms with van der Waals surface area (Å²) in [6, 6.07) is 14.6. The Morgan fingerprint density at radius 2 is 1.77 bits per heavy atom. The number of rotatable bonds is 3. The molecule has 0 aromatic heterocycles. The maximum atomic E-state index is 12.8. The van der Waals surface area contributed by atoms with Crippen molar-refractivity contribution in [2.75, 3.05) is 13.7 Å². The Kier molecular flexibility index (Phi) is 3.93. The van der Waals surface area contributed by atoms with Crippen molar-refractivity contribution in [1.82, 2.24) is 4.31 Å². The van der Waals surface area contributed by atoms with E-state index in [9.17, 15) is 8.42 Å². The number of sulfonamides is 1. The van der Waals surface area contributed by atoms with Crippen LogP contribution in [-0.4, -0.2) is 26.4 Å². The fourth-order valence-corrected chi connectivity index (χ4v) is 4.40. The Morgan fingerprint density at radius 1 is 1.09 bits per heavy atom. The Bertz CT molecular complexity index is 769. The first-order chi connectivity index (χ1) is 10.5. The quantitative estimate of drug-likeness (QED) is 0.874. The van der Waals surface area contributed by atoms with Crippen LogP contribution < -0.4 is 4.74 Å². The lowest BCUT2D eigenvalue weighted by atomic mass is 9.92. The first-order valence-electron chi connectivity index (χ1n) is 7.24. The van der Waals surface area contributed by atoms with E-state index in [4.69, 9.17) is 4.74 Å². The van der Waals surface area contributed by atoms with Gasteiger partial charge >= 0.3 is 0 Å². The third-order valence-corrected chi connectivity index (χ3v) is 5.93. The van der Waals surface area contributed by atoms with Gasteiger partial charge in [-0.25, -0.2) is 8.42 Å². The number of benzene rings is 2. The molecule has 5 heteroatoms. The van der Waals surface area contributed by atoms with Crippen molar-refractivity contribution in [2.24, 2.45) is 0 Å². The summed E-state index contributed by atoms with van der Waals surface area (Å²) in [7, 11) is -1.92. The van der Waals surface area contributed by atoms with E-state index in [0.29, 0.717) is 23.7 Å². The monoisotopic (exact) mass is 317 g/mol. The molecule has 4 nitrogen and oxygen atoms in total. The second-order valence-corrected chi connectivity index (χ2v) is 7.51. The molecule has 22 heavy (non-hydrogen) atoms. The number of nitrogens with zero attached hydrogens (tertiary/aromatic N) is 1. The molecular weight excluding hydrogens is 298 g/mol. The van der Waals surface area contributed by atoms with Crippen molar-refractivity contribution in [3.8, 4) is 5.75 Å². The first kappa shape index (κ1) is 15.1. The molecule has 1 aliphatic rings. The third-order valence-electron chi connectivity index (χ3n) is 4.11. The van der Waals surface area contributed by atoms with Gasteiger partial charge in [-0.3, -0.25) is 0 Å². The van der Waals surface area contributed by atoms with Crippen molar-refractivity contribution < 1.29 is 13.2 Å². The maximum absolute atomic E-state index is 12.8. The highest BCUT2D eigenvalue weighted by Crippen LogP contribution is 2.31. The highest BCUT2D eigenvalue weighted by Gasteiger charge is 2.31. The summed E-state index contributed by atoms with van der Waals surface area (Å²) in [4.78, 5) is 0.305. The molecule has 0 amide bonds. The fourth-order valence-electron chi connectivity index (χ4n) is 2.90. The highest BCUT2D eigenvalue weighted by atomic mass is 32.2. The Morgan fingerprint density at radius 3 is 2.45 bits per heavy atom. The van der Waals surface area contributed by atoms with Crippen LogP contribution in [0.4, 0.5) is 0 Å². The van der Waals surface area contributed by atoms with Crippen LogP contribution in [0.25, 0.3) is 0 Å². The van der Waals surface area contributed by atoms with E-state index in [1.807, 2.05) is 18.2 Å². The molecule has 1 atom stereocenters. The van der Waals surface area contributed by atoms with Gasteiger partial charge in [0.25, 0.3) is 0 Å². The summed E-state index contributed by atoms with van der Waals surface area (Å²) in [6.45, 7) is 2.99. The smallest absolute Gasteiger partial charge is 0.243 e. The van der Waals surface area contributed by atoms with Crippen LogP contribution in [0, 0.1) is 0 Å².